The fourth-order valence-electron chi connectivity index (χ4n) is 3.53. The molecule has 0 saturated carbocycles. The van der Waals surface area contributed by atoms with Crippen molar-refractivity contribution in [3.63, 3.8) is 0 Å². The molecule has 1 aliphatic carbocycles. The van der Waals surface area contributed by atoms with Gasteiger partial charge in [-0.05, 0) is 17.3 Å². The van der Waals surface area contributed by atoms with Crippen LogP contribution in [0.3, 0.4) is 0 Å². The third-order valence-electron chi connectivity index (χ3n) is 3.85. The van der Waals surface area contributed by atoms with Crippen molar-refractivity contribution >= 4 is 0 Å². The lowest BCUT2D eigenvalue weighted by molar-refractivity contribution is 0.198. The first-order valence-electron chi connectivity index (χ1n) is 7.03. The van der Waals surface area contributed by atoms with E-state index < -0.39 is 0 Å². The maximum atomic E-state index is 5.59. The van der Waals surface area contributed by atoms with Crippen molar-refractivity contribution in [3.05, 3.63) is 17.0 Å². The molecule has 0 fully saturated rings. The lowest BCUT2D eigenvalue weighted by atomic mass is 9.64. The van der Waals surface area contributed by atoms with Crippen molar-refractivity contribution in [1.29, 1.82) is 0 Å². The van der Waals surface area contributed by atoms with E-state index in [1.54, 1.807) is 7.11 Å². The number of hydrogen-bond acceptors (Lipinski definition) is 4. The minimum Gasteiger partial charge on any atom is -0.383 e. The summed E-state index contributed by atoms with van der Waals surface area (Å²) in [6.45, 7) is 11.5. The molecular formula is C15H26N2O2. The van der Waals surface area contributed by atoms with Crippen molar-refractivity contribution in [2.45, 2.75) is 52.5 Å². The molecule has 0 bridgehead atoms. The summed E-state index contributed by atoms with van der Waals surface area (Å²) in [4.78, 5) is 0. The number of hydrogen-bond donors (Lipinski definition) is 1. The molecule has 1 aromatic heterocycles. The van der Waals surface area contributed by atoms with E-state index >= 15 is 0 Å². The van der Waals surface area contributed by atoms with Crippen LogP contribution in [-0.4, -0.2) is 25.4 Å². The number of methoxy groups -OCH3 is 1. The zero-order valence-electron chi connectivity index (χ0n) is 12.8. The highest BCUT2D eigenvalue weighted by atomic mass is 16.5. The van der Waals surface area contributed by atoms with Gasteiger partial charge in [0.05, 0.1) is 6.61 Å². The molecule has 0 amide bonds. The summed E-state index contributed by atoms with van der Waals surface area (Å²) in [6, 6.07) is 0. The first kappa shape index (κ1) is 14.5. The van der Waals surface area contributed by atoms with Gasteiger partial charge >= 0.3 is 0 Å². The van der Waals surface area contributed by atoms with Crippen LogP contribution in [0.5, 0.6) is 0 Å². The van der Waals surface area contributed by atoms with E-state index in [4.69, 9.17) is 9.26 Å². The van der Waals surface area contributed by atoms with E-state index in [2.05, 4.69) is 38.2 Å². The van der Waals surface area contributed by atoms with Gasteiger partial charge in [0.1, 0.15) is 11.5 Å². The summed E-state index contributed by atoms with van der Waals surface area (Å²) >= 11 is 0. The second-order valence-electron chi connectivity index (χ2n) is 7.00. The number of fused-ring (bicyclic) bond motifs is 1. The standard InChI is InChI=1S/C15H26N2O2/c1-14(2)8-12-13(15(3,4)10-14)11(17-19-12)9-16-6-7-18-5/h16H,6-10H2,1-5H3. The fourth-order valence-corrected chi connectivity index (χ4v) is 3.53. The molecule has 108 valence electrons. The Balaban J connectivity index is 2.15. The van der Waals surface area contributed by atoms with Gasteiger partial charge in [0.25, 0.3) is 0 Å². The summed E-state index contributed by atoms with van der Waals surface area (Å²) in [6.07, 6.45) is 2.15. The Kier molecular flexibility index (Phi) is 4.02. The van der Waals surface area contributed by atoms with E-state index in [1.165, 1.54) is 12.0 Å². The molecular weight excluding hydrogens is 240 g/mol. The van der Waals surface area contributed by atoms with E-state index in [0.717, 1.165) is 37.6 Å². The Morgan fingerprint density at radius 2 is 2.05 bits per heavy atom. The first-order chi connectivity index (χ1) is 8.86. The molecule has 0 unspecified atom stereocenters. The predicted octanol–water partition coefficient (Wildman–Crippen LogP) is 2.66. The second kappa shape index (κ2) is 5.25. The normalized spacial score (nSPS) is 20.3. The van der Waals surface area contributed by atoms with Crippen molar-refractivity contribution in [1.82, 2.24) is 10.5 Å². The van der Waals surface area contributed by atoms with Crippen molar-refractivity contribution in [2.75, 3.05) is 20.3 Å². The van der Waals surface area contributed by atoms with Gasteiger partial charge in [-0.3, -0.25) is 0 Å². The molecule has 1 aromatic rings. The quantitative estimate of drug-likeness (QED) is 0.832. The molecule has 0 radical (unpaired) electrons. The molecule has 0 aliphatic heterocycles. The summed E-state index contributed by atoms with van der Waals surface area (Å²) in [5.41, 5.74) is 2.80. The number of ether oxygens (including phenoxy) is 1. The van der Waals surface area contributed by atoms with Crippen LogP contribution in [0.1, 0.15) is 51.1 Å². The molecule has 0 saturated heterocycles. The third-order valence-corrected chi connectivity index (χ3v) is 3.85. The lowest BCUT2D eigenvalue weighted by Gasteiger charge is -2.39. The summed E-state index contributed by atoms with van der Waals surface area (Å²) < 4.78 is 10.6. The lowest BCUT2D eigenvalue weighted by Crippen LogP contribution is -2.35. The Labute approximate surface area is 115 Å². The van der Waals surface area contributed by atoms with Crippen LogP contribution in [0, 0.1) is 5.41 Å². The number of nitrogens with one attached hydrogen (secondary N) is 1. The molecule has 1 N–H and O–H groups in total. The van der Waals surface area contributed by atoms with Gasteiger partial charge in [0, 0.05) is 32.2 Å². The molecule has 4 heteroatoms. The second-order valence-corrected chi connectivity index (χ2v) is 7.00. The topological polar surface area (TPSA) is 47.3 Å². The zero-order chi connectivity index (χ0) is 14.1. The maximum Gasteiger partial charge on any atom is 0.141 e. The van der Waals surface area contributed by atoms with Gasteiger partial charge in [-0.1, -0.05) is 32.9 Å². The largest absolute Gasteiger partial charge is 0.383 e. The highest BCUT2D eigenvalue weighted by molar-refractivity contribution is 5.34. The smallest absolute Gasteiger partial charge is 0.141 e. The van der Waals surface area contributed by atoms with E-state index in [0.29, 0.717) is 0 Å². The highest BCUT2D eigenvalue weighted by Gasteiger charge is 2.41. The van der Waals surface area contributed by atoms with Crippen LogP contribution in [-0.2, 0) is 23.1 Å². The fraction of sp³-hybridized carbons (Fsp3) is 0.800. The van der Waals surface area contributed by atoms with Gasteiger partial charge in [-0.15, -0.1) is 0 Å². The molecule has 0 aromatic carbocycles. The van der Waals surface area contributed by atoms with Gasteiger partial charge in [0.2, 0.25) is 0 Å². The Hall–Kier alpha value is -0.870. The number of aromatic nitrogens is 1. The molecule has 0 atom stereocenters. The summed E-state index contributed by atoms with van der Waals surface area (Å²) in [5, 5.41) is 7.63. The van der Waals surface area contributed by atoms with E-state index in [-0.39, 0.29) is 10.8 Å². The summed E-state index contributed by atoms with van der Waals surface area (Å²) in [5.74, 6) is 1.07. The molecule has 19 heavy (non-hydrogen) atoms. The van der Waals surface area contributed by atoms with Crippen LogP contribution in [0.25, 0.3) is 0 Å². The van der Waals surface area contributed by atoms with Crippen LogP contribution in [0.15, 0.2) is 4.52 Å². The SMILES string of the molecule is COCCNCc1noc2c1C(C)(C)CC(C)(C)C2. The monoisotopic (exact) mass is 266 g/mol. The minimum absolute atomic E-state index is 0.134. The average Bonchev–Trinajstić information content (AvgIpc) is 2.65. The Morgan fingerprint density at radius 1 is 1.32 bits per heavy atom. The van der Waals surface area contributed by atoms with Crippen molar-refractivity contribution in [2.24, 2.45) is 5.41 Å². The van der Waals surface area contributed by atoms with Gasteiger partial charge in [-0.25, -0.2) is 0 Å². The molecule has 1 aliphatic rings. The van der Waals surface area contributed by atoms with E-state index in [9.17, 15) is 0 Å². The number of rotatable bonds is 5. The minimum atomic E-state index is 0.134. The van der Waals surface area contributed by atoms with Crippen LogP contribution >= 0.6 is 0 Å². The van der Waals surface area contributed by atoms with Crippen LogP contribution in [0.4, 0.5) is 0 Å². The van der Waals surface area contributed by atoms with Gasteiger partial charge in [0.15, 0.2) is 0 Å². The van der Waals surface area contributed by atoms with Crippen molar-refractivity contribution < 1.29 is 9.26 Å². The highest BCUT2D eigenvalue weighted by Crippen LogP contribution is 2.46. The van der Waals surface area contributed by atoms with E-state index in [1.807, 2.05) is 0 Å². The Morgan fingerprint density at radius 3 is 2.74 bits per heavy atom. The maximum absolute atomic E-state index is 5.59. The van der Waals surface area contributed by atoms with Gasteiger partial charge < -0.3 is 14.6 Å². The van der Waals surface area contributed by atoms with Gasteiger partial charge in [-0.2, -0.15) is 0 Å². The van der Waals surface area contributed by atoms with Crippen LogP contribution < -0.4 is 5.32 Å². The predicted molar refractivity (Wildman–Crippen MR) is 75.2 cm³/mol. The number of nitrogens with zero attached hydrogens (tertiary/aromatic N) is 1. The average molecular weight is 266 g/mol. The Bertz CT molecular complexity index is 435. The van der Waals surface area contributed by atoms with Crippen molar-refractivity contribution in [3.8, 4) is 0 Å². The molecule has 1 heterocycles. The molecule has 4 nitrogen and oxygen atoms in total. The van der Waals surface area contributed by atoms with Crippen LogP contribution in [0.2, 0.25) is 0 Å². The molecule has 2 rings (SSSR count). The summed E-state index contributed by atoms with van der Waals surface area (Å²) in [7, 11) is 1.71. The zero-order valence-corrected chi connectivity index (χ0v) is 12.8. The first-order valence-corrected chi connectivity index (χ1v) is 7.03. The third kappa shape index (κ3) is 3.18. The molecule has 0 spiro atoms.